The zero-order valence-electron chi connectivity index (χ0n) is 17.0. The lowest BCUT2D eigenvalue weighted by molar-refractivity contribution is -0.125. The number of H-pyrrole nitrogens is 1. The van der Waals surface area contributed by atoms with Crippen LogP contribution < -0.4 is 19.5 Å². The van der Waals surface area contributed by atoms with Gasteiger partial charge in [-0.1, -0.05) is 6.07 Å². The van der Waals surface area contributed by atoms with E-state index in [9.17, 15) is 4.79 Å². The molecule has 1 aliphatic rings. The number of methoxy groups -OCH3 is 3. The fraction of sp³-hybridized carbons (Fsp3) is 0.348. The van der Waals surface area contributed by atoms with Crippen LogP contribution in [0.25, 0.3) is 10.9 Å². The van der Waals surface area contributed by atoms with E-state index in [2.05, 4.69) is 16.4 Å². The number of aryl methyl sites for hydroxylation is 1. The second-order valence-electron chi connectivity index (χ2n) is 7.34. The fourth-order valence-electron chi connectivity index (χ4n) is 4.07. The van der Waals surface area contributed by atoms with E-state index < -0.39 is 0 Å². The zero-order chi connectivity index (χ0) is 20.4. The SMILES string of the molecule is COc1ccc2[nH]c3c(c2c1)CC(C(=O)NCc1ccc(OC)c(OC)c1)CC3. The van der Waals surface area contributed by atoms with Gasteiger partial charge >= 0.3 is 0 Å². The van der Waals surface area contributed by atoms with Gasteiger partial charge in [0.15, 0.2) is 11.5 Å². The standard InChI is InChI=1S/C23H26N2O4/c1-27-16-6-8-20-18(12-16)17-11-15(5-7-19(17)25-20)23(26)24-13-14-4-9-21(28-2)22(10-14)29-3/h4,6,8-10,12,15,25H,5,7,11,13H2,1-3H3,(H,24,26). The maximum Gasteiger partial charge on any atom is 0.223 e. The van der Waals surface area contributed by atoms with E-state index >= 15 is 0 Å². The minimum Gasteiger partial charge on any atom is -0.497 e. The summed E-state index contributed by atoms with van der Waals surface area (Å²) in [5.74, 6) is 2.22. The second-order valence-corrected chi connectivity index (χ2v) is 7.34. The fourth-order valence-corrected chi connectivity index (χ4v) is 4.07. The summed E-state index contributed by atoms with van der Waals surface area (Å²) in [7, 11) is 4.89. The van der Waals surface area contributed by atoms with E-state index in [0.29, 0.717) is 18.0 Å². The van der Waals surface area contributed by atoms with Crippen molar-refractivity contribution in [3.8, 4) is 17.2 Å². The summed E-state index contributed by atoms with van der Waals surface area (Å²) < 4.78 is 16.0. The summed E-state index contributed by atoms with van der Waals surface area (Å²) in [6.07, 6.45) is 2.45. The maximum absolute atomic E-state index is 12.8. The molecule has 2 N–H and O–H groups in total. The van der Waals surface area contributed by atoms with Gasteiger partial charge in [0.1, 0.15) is 5.75 Å². The maximum atomic E-state index is 12.8. The second kappa shape index (κ2) is 8.07. The van der Waals surface area contributed by atoms with Crippen molar-refractivity contribution in [3.63, 3.8) is 0 Å². The molecule has 0 aliphatic heterocycles. The predicted octanol–water partition coefficient (Wildman–Crippen LogP) is 3.62. The Bertz CT molecular complexity index is 1040. The molecule has 6 nitrogen and oxygen atoms in total. The molecule has 2 aromatic carbocycles. The number of rotatable bonds is 6. The number of benzene rings is 2. The van der Waals surface area contributed by atoms with Gasteiger partial charge in [-0.05, 0) is 60.7 Å². The van der Waals surface area contributed by atoms with E-state index in [1.807, 2.05) is 30.3 Å². The molecule has 1 heterocycles. The van der Waals surface area contributed by atoms with Gasteiger partial charge in [0, 0.05) is 29.1 Å². The number of carbonyl (C=O) groups excluding carboxylic acids is 1. The first-order valence-electron chi connectivity index (χ1n) is 9.79. The van der Waals surface area contributed by atoms with Crippen LogP contribution in [0.4, 0.5) is 0 Å². The molecule has 1 aromatic heterocycles. The molecule has 6 heteroatoms. The van der Waals surface area contributed by atoms with Gasteiger partial charge in [-0.25, -0.2) is 0 Å². The molecule has 1 atom stereocenters. The number of carbonyl (C=O) groups is 1. The van der Waals surface area contributed by atoms with Gasteiger partial charge in [-0.2, -0.15) is 0 Å². The Hall–Kier alpha value is -3.15. The van der Waals surface area contributed by atoms with E-state index in [-0.39, 0.29) is 11.8 Å². The first kappa shape index (κ1) is 19.2. The summed E-state index contributed by atoms with van der Waals surface area (Å²) >= 11 is 0. The molecule has 29 heavy (non-hydrogen) atoms. The minimum atomic E-state index is -0.0344. The highest BCUT2D eigenvalue weighted by atomic mass is 16.5. The highest BCUT2D eigenvalue weighted by Gasteiger charge is 2.27. The first-order chi connectivity index (χ1) is 14.1. The molecule has 0 bridgehead atoms. The summed E-state index contributed by atoms with van der Waals surface area (Å²) in [5, 5.41) is 4.23. The van der Waals surface area contributed by atoms with Crippen molar-refractivity contribution >= 4 is 16.8 Å². The number of nitrogens with one attached hydrogen (secondary N) is 2. The third-order valence-electron chi connectivity index (χ3n) is 5.68. The molecule has 1 unspecified atom stereocenters. The number of amides is 1. The Labute approximate surface area is 170 Å². The van der Waals surface area contributed by atoms with Gasteiger partial charge in [0.2, 0.25) is 5.91 Å². The molecule has 4 rings (SSSR count). The minimum absolute atomic E-state index is 0.0344. The van der Waals surface area contributed by atoms with E-state index in [1.165, 1.54) is 11.3 Å². The van der Waals surface area contributed by atoms with Gasteiger partial charge in [0.25, 0.3) is 0 Å². The summed E-state index contributed by atoms with van der Waals surface area (Å²) in [6, 6.07) is 11.7. The Morgan fingerprint density at radius 1 is 1.07 bits per heavy atom. The number of hydrogen-bond donors (Lipinski definition) is 2. The lowest BCUT2D eigenvalue weighted by atomic mass is 9.85. The van der Waals surface area contributed by atoms with Crippen LogP contribution in [-0.4, -0.2) is 32.2 Å². The monoisotopic (exact) mass is 394 g/mol. The van der Waals surface area contributed by atoms with Crippen LogP contribution in [0.3, 0.4) is 0 Å². The van der Waals surface area contributed by atoms with Crippen LogP contribution >= 0.6 is 0 Å². The van der Waals surface area contributed by atoms with Gasteiger partial charge in [-0.3, -0.25) is 4.79 Å². The first-order valence-corrected chi connectivity index (χ1v) is 9.79. The number of hydrogen-bond acceptors (Lipinski definition) is 4. The van der Waals surface area contributed by atoms with Crippen LogP contribution in [0.1, 0.15) is 23.2 Å². The zero-order valence-corrected chi connectivity index (χ0v) is 17.0. The van der Waals surface area contributed by atoms with Crippen LogP contribution in [0.15, 0.2) is 36.4 Å². The summed E-state index contributed by atoms with van der Waals surface area (Å²) in [4.78, 5) is 16.3. The summed E-state index contributed by atoms with van der Waals surface area (Å²) in [5.41, 5.74) is 4.54. The Balaban J connectivity index is 1.46. The highest BCUT2D eigenvalue weighted by molar-refractivity contribution is 5.88. The van der Waals surface area contributed by atoms with E-state index in [4.69, 9.17) is 14.2 Å². The molecule has 0 saturated heterocycles. The molecular formula is C23H26N2O4. The average molecular weight is 394 g/mol. The third-order valence-corrected chi connectivity index (χ3v) is 5.68. The lowest BCUT2D eigenvalue weighted by Gasteiger charge is -2.22. The Kier molecular flexibility index (Phi) is 5.34. The average Bonchev–Trinajstić information content (AvgIpc) is 3.14. The molecule has 3 aromatic rings. The summed E-state index contributed by atoms with van der Waals surface area (Å²) in [6.45, 7) is 0.463. The van der Waals surface area contributed by atoms with Crippen molar-refractivity contribution in [3.05, 3.63) is 53.2 Å². The van der Waals surface area contributed by atoms with E-state index in [0.717, 1.165) is 41.5 Å². The van der Waals surface area contributed by atoms with Crippen molar-refractivity contribution in [2.24, 2.45) is 5.92 Å². The van der Waals surface area contributed by atoms with E-state index in [1.54, 1.807) is 21.3 Å². The van der Waals surface area contributed by atoms with Crippen LogP contribution in [0.5, 0.6) is 17.2 Å². The number of ether oxygens (including phenoxy) is 3. The highest BCUT2D eigenvalue weighted by Crippen LogP contribution is 2.34. The molecule has 152 valence electrons. The van der Waals surface area contributed by atoms with Crippen LogP contribution in [-0.2, 0) is 24.2 Å². The Morgan fingerprint density at radius 2 is 1.90 bits per heavy atom. The molecule has 0 fully saturated rings. The topological polar surface area (TPSA) is 72.6 Å². The van der Waals surface area contributed by atoms with Crippen LogP contribution in [0.2, 0.25) is 0 Å². The predicted molar refractivity (Wildman–Crippen MR) is 112 cm³/mol. The molecular weight excluding hydrogens is 368 g/mol. The molecule has 1 aliphatic carbocycles. The Morgan fingerprint density at radius 3 is 2.66 bits per heavy atom. The van der Waals surface area contributed by atoms with Crippen molar-refractivity contribution in [2.75, 3.05) is 21.3 Å². The van der Waals surface area contributed by atoms with Gasteiger partial charge in [0.05, 0.1) is 21.3 Å². The van der Waals surface area contributed by atoms with Crippen LogP contribution in [0, 0.1) is 5.92 Å². The normalized spacial score (nSPS) is 15.6. The number of aromatic nitrogens is 1. The third kappa shape index (κ3) is 3.75. The smallest absolute Gasteiger partial charge is 0.223 e. The van der Waals surface area contributed by atoms with Crippen molar-refractivity contribution < 1.29 is 19.0 Å². The molecule has 1 amide bonds. The number of fused-ring (bicyclic) bond motifs is 3. The quantitative estimate of drug-likeness (QED) is 0.670. The molecule has 0 saturated carbocycles. The van der Waals surface area contributed by atoms with Gasteiger partial charge in [-0.15, -0.1) is 0 Å². The number of aromatic amines is 1. The molecule has 0 radical (unpaired) electrons. The molecule has 0 spiro atoms. The lowest BCUT2D eigenvalue weighted by Crippen LogP contribution is -2.33. The van der Waals surface area contributed by atoms with Crippen molar-refractivity contribution in [1.29, 1.82) is 0 Å². The van der Waals surface area contributed by atoms with Crippen molar-refractivity contribution in [1.82, 2.24) is 10.3 Å². The van der Waals surface area contributed by atoms with Crippen molar-refractivity contribution in [2.45, 2.75) is 25.8 Å². The largest absolute Gasteiger partial charge is 0.497 e. The van der Waals surface area contributed by atoms with Gasteiger partial charge < -0.3 is 24.5 Å².